The molecule has 7 nitrogen and oxygen atoms in total. The summed E-state index contributed by atoms with van der Waals surface area (Å²) in [7, 11) is 0. The first-order valence-corrected chi connectivity index (χ1v) is 11.3. The number of aromatic nitrogens is 3. The molecule has 1 N–H and O–H groups in total. The van der Waals surface area contributed by atoms with Crippen molar-refractivity contribution in [1.29, 1.82) is 0 Å². The van der Waals surface area contributed by atoms with Crippen LogP contribution in [0.25, 0.3) is 5.65 Å². The zero-order valence-electron chi connectivity index (χ0n) is 19.3. The molecule has 0 bridgehead atoms. The lowest BCUT2D eigenvalue weighted by Crippen LogP contribution is -2.30. The Balaban J connectivity index is 1.51. The molecule has 0 aliphatic carbocycles. The van der Waals surface area contributed by atoms with Crippen LogP contribution in [0.2, 0.25) is 0 Å². The van der Waals surface area contributed by atoms with E-state index in [1.807, 2.05) is 73.5 Å². The molecule has 1 aliphatic rings. The third-order valence-electron chi connectivity index (χ3n) is 6.15. The molecule has 0 radical (unpaired) electrons. The fourth-order valence-electron chi connectivity index (χ4n) is 4.49. The standard InChI is InChI=1S/C25H31N5O2/c1-16(2)26-24(31)11-10-21-17(3)27-23-14-22(28-30(23)18(21)4)20-12-13-29(15-20)25(32)19-8-6-5-7-9-19/h5-9,14,16,20H,10-13,15H2,1-4H3,(H,26,31). The summed E-state index contributed by atoms with van der Waals surface area (Å²) in [5, 5.41) is 7.80. The lowest BCUT2D eigenvalue weighted by atomic mass is 10.1. The molecule has 168 valence electrons. The van der Waals surface area contributed by atoms with E-state index >= 15 is 0 Å². The van der Waals surface area contributed by atoms with Crippen LogP contribution in [0.1, 0.15) is 65.6 Å². The van der Waals surface area contributed by atoms with Crippen LogP contribution in [0, 0.1) is 13.8 Å². The SMILES string of the molecule is Cc1nc2cc(C3CCN(C(=O)c4ccccc4)C3)nn2c(C)c1CCC(=O)NC(C)C. The Labute approximate surface area is 188 Å². The van der Waals surface area contributed by atoms with Gasteiger partial charge in [0.15, 0.2) is 5.65 Å². The summed E-state index contributed by atoms with van der Waals surface area (Å²) in [6, 6.07) is 11.6. The summed E-state index contributed by atoms with van der Waals surface area (Å²) in [5.41, 5.74) is 5.54. The van der Waals surface area contributed by atoms with Crippen LogP contribution >= 0.6 is 0 Å². The van der Waals surface area contributed by atoms with Crippen LogP contribution in [-0.2, 0) is 11.2 Å². The van der Waals surface area contributed by atoms with E-state index in [1.165, 1.54) is 0 Å². The van der Waals surface area contributed by atoms with Crippen molar-refractivity contribution in [2.24, 2.45) is 0 Å². The van der Waals surface area contributed by atoms with Crippen molar-refractivity contribution >= 4 is 17.5 Å². The molecular weight excluding hydrogens is 402 g/mol. The Morgan fingerprint density at radius 2 is 1.94 bits per heavy atom. The van der Waals surface area contributed by atoms with E-state index in [-0.39, 0.29) is 23.8 Å². The second-order valence-corrected chi connectivity index (χ2v) is 8.93. The lowest BCUT2D eigenvalue weighted by molar-refractivity contribution is -0.121. The Morgan fingerprint density at radius 1 is 1.19 bits per heavy atom. The molecule has 1 aliphatic heterocycles. The summed E-state index contributed by atoms with van der Waals surface area (Å²) in [6.45, 7) is 9.35. The predicted octanol–water partition coefficient (Wildman–Crippen LogP) is 3.43. The molecule has 7 heteroatoms. The van der Waals surface area contributed by atoms with Crippen LogP contribution in [0.15, 0.2) is 36.4 Å². The second-order valence-electron chi connectivity index (χ2n) is 8.93. The van der Waals surface area contributed by atoms with Crippen LogP contribution in [0.5, 0.6) is 0 Å². The van der Waals surface area contributed by atoms with Gasteiger partial charge in [-0.15, -0.1) is 0 Å². The van der Waals surface area contributed by atoms with E-state index < -0.39 is 0 Å². The zero-order valence-corrected chi connectivity index (χ0v) is 19.3. The largest absolute Gasteiger partial charge is 0.354 e. The van der Waals surface area contributed by atoms with Crippen LogP contribution in [0.4, 0.5) is 0 Å². The van der Waals surface area contributed by atoms with Gasteiger partial charge in [-0.3, -0.25) is 9.59 Å². The van der Waals surface area contributed by atoms with E-state index in [9.17, 15) is 9.59 Å². The molecular formula is C25H31N5O2. The molecule has 32 heavy (non-hydrogen) atoms. The summed E-state index contributed by atoms with van der Waals surface area (Å²) < 4.78 is 1.89. The molecule has 1 saturated heterocycles. The number of aryl methyl sites for hydroxylation is 2. The van der Waals surface area contributed by atoms with Gasteiger partial charge in [-0.1, -0.05) is 18.2 Å². The summed E-state index contributed by atoms with van der Waals surface area (Å²) in [4.78, 5) is 31.6. The van der Waals surface area contributed by atoms with Gasteiger partial charge in [0.05, 0.1) is 5.69 Å². The first-order valence-electron chi connectivity index (χ1n) is 11.3. The highest BCUT2D eigenvalue weighted by Gasteiger charge is 2.30. The minimum atomic E-state index is 0.0502. The van der Waals surface area contributed by atoms with E-state index in [2.05, 4.69) is 5.32 Å². The first kappa shape index (κ1) is 22.0. The molecule has 0 spiro atoms. The van der Waals surface area contributed by atoms with E-state index in [4.69, 9.17) is 10.1 Å². The quantitative estimate of drug-likeness (QED) is 0.646. The number of amides is 2. The van der Waals surface area contributed by atoms with Gasteiger partial charge >= 0.3 is 0 Å². The van der Waals surface area contributed by atoms with Crippen LogP contribution < -0.4 is 5.32 Å². The van der Waals surface area contributed by atoms with E-state index in [0.29, 0.717) is 19.4 Å². The highest BCUT2D eigenvalue weighted by Crippen LogP contribution is 2.29. The summed E-state index contributed by atoms with van der Waals surface area (Å²) in [6.07, 6.45) is 1.96. The molecule has 4 rings (SSSR count). The number of fused-ring (bicyclic) bond motifs is 1. The predicted molar refractivity (Wildman–Crippen MR) is 124 cm³/mol. The maximum absolute atomic E-state index is 12.8. The van der Waals surface area contributed by atoms with Crippen molar-refractivity contribution in [2.75, 3.05) is 13.1 Å². The fourth-order valence-corrected chi connectivity index (χ4v) is 4.49. The van der Waals surface area contributed by atoms with Crippen molar-refractivity contribution in [1.82, 2.24) is 24.8 Å². The number of carbonyl (C=O) groups excluding carboxylic acids is 2. The van der Waals surface area contributed by atoms with Gasteiger partial charge in [-0.25, -0.2) is 9.50 Å². The van der Waals surface area contributed by atoms with Crippen molar-refractivity contribution in [3.8, 4) is 0 Å². The topological polar surface area (TPSA) is 79.6 Å². The smallest absolute Gasteiger partial charge is 0.253 e. The third-order valence-corrected chi connectivity index (χ3v) is 6.15. The number of nitrogens with zero attached hydrogens (tertiary/aromatic N) is 4. The van der Waals surface area contributed by atoms with Gasteiger partial charge in [0.1, 0.15) is 0 Å². The zero-order chi connectivity index (χ0) is 22.8. The molecule has 2 amide bonds. The molecule has 0 saturated carbocycles. The highest BCUT2D eigenvalue weighted by atomic mass is 16.2. The van der Waals surface area contributed by atoms with Crippen molar-refractivity contribution in [2.45, 2.75) is 58.9 Å². The number of carbonyl (C=O) groups is 2. The van der Waals surface area contributed by atoms with Crippen LogP contribution in [-0.4, -0.2) is 50.4 Å². The van der Waals surface area contributed by atoms with Gasteiger partial charge in [0, 0.05) is 54.5 Å². The minimum Gasteiger partial charge on any atom is -0.354 e. The Hall–Kier alpha value is -3.22. The van der Waals surface area contributed by atoms with Crippen molar-refractivity contribution in [3.63, 3.8) is 0 Å². The monoisotopic (exact) mass is 433 g/mol. The lowest BCUT2D eigenvalue weighted by Gasteiger charge is -2.16. The number of likely N-dealkylation sites (tertiary alicyclic amines) is 1. The Bertz CT molecular complexity index is 1140. The van der Waals surface area contributed by atoms with E-state index in [1.54, 1.807) is 0 Å². The van der Waals surface area contributed by atoms with Crippen LogP contribution in [0.3, 0.4) is 0 Å². The normalized spacial score (nSPS) is 16.2. The van der Waals surface area contributed by atoms with Gasteiger partial charge in [-0.05, 0) is 58.2 Å². The number of nitrogens with one attached hydrogen (secondary N) is 1. The van der Waals surface area contributed by atoms with E-state index in [0.717, 1.165) is 46.8 Å². The van der Waals surface area contributed by atoms with Crippen molar-refractivity contribution < 1.29 is 9.59 Å². The van der Waals surface area contributed by atoms with Gasteiger partial charge in [0.2, 0.25) is 5.91 Å². The Kier molecular flexibility index (Phi) is 6.26. The highest BCUT2D eigenvalue weighted by molar-refractivity contribution is 5.94. The third kappa shape index (κ3) is 4.52. The molecule has 2 aromatic heterocycles. The molecule has 3 aromatic rings. The molecule has 3 heterocycles. The van der Waals surface area contributed by atoms with Gasteiger partial charge < -0.3 is 10.2 Å². The average Bonchev–Trinajstić information content (AvgIpc) is 3.40. The molecule has 1 aromatic carbocycles. The molecule has 1 fully saturated rings. The fraction of sp³-hybridized carbons (Fsp3) is 0.440. The maximum atomic E-state index is 12.8. The molecule has 1 atom stereocenters. The number of hydrogen-bond donors (Lipinski definition) is 1. The van der Waals surface area contributed by atoms with Gasteiger partial charge in [0.25, 0.3) is 5.91 Å². The summed E-state index contributed by atoms with van der Waals surface area (Å²) >= 11 is 0. The number of hydrogen-bond acceptors (Lipinski definition) is 4. The second kappa shape index (κ2) is 9.10. The van der Waals surface area contributed by atoms with Gasteiger partial charge in [-0.2, -0.15) is 5.10 Å². The first-order chi connectivity index (χ1) is 15.3. The number of benzene rings is 1. The minimum absolute atomic E-state index is 0.0502. The summed E-state index contributed by atoms with van der Waals surface area (Å²) in [5.74, 6) is 0.322. The molecule has 1 unspecified atom stereocenters. The average molecular weight is 434 g/mol. The number of rotatable bonds is 6. The Morgan fingerprint density at radius 3 is 2.66 bits per heavy atom. The van der Waals surface area contributed by atoms with Crippen molar-refractivity contribution in [3.05, 3.63) is 64.6 Å². The maximum Gasteiger partial charge on any atom is 0.253 e.